The summed E-state index contributed by atoms with van der Waals surface area (Å²) in [5, 5.41) is 8.05. The minimum absolute atomic E-state index is 0.0685. The highest BCUT2D eigenvalue weighted by Crippen LogP contribution is 2.22. The van der Waals surface area contributed by atoms with Crippen LogP contribution in [0.5, 0.6) is 0 Å². The molecule has 0 spiro atoms. The number of halogens is 1. The second kappa shape index (κ2) is 8.67. The summed E-state index contributed by atoms with van der Waals surface area (Å²) in [6, 6.07) is 0. The number of carbonyl (C=O) groups excluding carboxylic acids is 1. The number of hydrogen-bond donors (Lipinski definition) is 1. The van der Waals surface area contributed by atoms with Crippen LogP contribution >= 0.6 is 11.6 Å². The van der Waals surface area contributed by atoms with Crippen LogP contribution in [0.3, 0.4) is 0 Å². The zero-order chi connectivity index (χ0) is 17.7. The van der Waals surface area contributed by atoms with Crippen LogP contribution in [-0.2, 0) is 11.3 Å². The van der Waals surface area contributed by atoms with Gasteiger partial charge in [-0.25, -0.2) is 0 Å². The third-order valence-corrected chi connectivity index (χ3v) is 4.85. The molecule has 1 N–H and O–H groups in total. The number of hydrogen-bond acceptors (Lipinski definition) is 3. The van der Waals surface area contributed by atoms with Gasteiger partial charge in [-0.1, -0.05) is 25.4 Å². The quantitative estimate of drug-likeness (QED) is 0.801. The van der Waals surface area contributed by atoms with Crippen LogP contribution in [-0.4, -0.2) is 47.3 Å². The van der Waals surface area contributed by atoms with Crippen molar-refractivity contribution in [1.82, 2.24) is 20.0 Å². The minimum atomic E-state index is -0.0685. The van der Waals surface area contributed by atoms with Crippen LogP contribution < -0.4 is 5.32 Å². The molecule has 2 rings (SSSR count). The summed E-state index contributed by atoms with van der Waals surface area (Å²) < 4.78 is 1.80. The molecule has 1 aliphatic rings. The Labute approximate surface area is 150 Å². The molecule has 0 saturated carbocycles. The van der Waals surface area contributed by atoms with Gasteiger partial charge in [-0.3, -0.25) is 9.48 Å². The van der Waals surface area contributed by atoms with E-state index < -0.39 is 0 Å². The van der Waals surface area contributed by atoms with Crippen molar-refractivity contribution in [1.29, 1.82) is 0 Å². The van der Waals surface area contributed by atoms with Crippen molar-refractivity contribution in [3.63, 3.8) is 0 Å². The van der Waals surface area contributed by atoms with E-state index in [0.29, 0.717) is 17.0 Å². The lowest BCUT2D eigenvalue weighted by Crippen LogP contribution is -2.36. The summed E-state index contributed by atoms with van der Waals surface area (Å²) in [7, 11) is 2.14. The Morgan fingerprint density at radius 3 is 2.71 bits per heavy atom. The molecule has 0 radical (unpaired) electrons. The van der Waals surface area contributed by atoms with Gasteiger partial charge < -0.3 is 10.2 Å². The maximum atomic E-state index is 12.1. The van der Waals surface area contributed by atoms with E-state index in [1.165, 1.54) is 0 Å². The van der Waals surface area contributed by atoms with Crippen molar-refractivity contribution in [2.75, 3.05) is 26.7 Å². The summed E-state index contributed by atoms with van der Waals surface area (Å²) in [6.07, 6.45) is 5.62. The van der Waals surface area contributed by atoms with Crippen molar-refractivity contribution >= 4 is 23.6 Å². The lowest BCUT2D eigenvalue weighted by molar-refractivity contribution is -0.116. The topological polar surface area (TPSA) is 50.2 Å². The Hall–Kier alpha value is -1.33. The molecule has 1 saturated heterocycles. The van der Waals surface area contributed by atoms with E-state index >= 15 is 0 Å². The van der Waals surface area contributed by atoms with Crippen molar-refractivity contribution in [3.8, 4) is 0 Å². The van der Waals surface area contributed by atoms with Crippen LogP contribution in [0, 0.1) is 18.8 Å². The molecule has 0 bridgehead atoms. The first-order valence-corrected chi connectivity index (χ1v) is 9.12. The number of aromatic nitrogens is 2. The molecule has 1 aromatic heterocycles. The zero-order valence-corrected chi connectivity index (χ0v) is 15.9. The third kappa shape index (κ3) is 5.35. The van der Waals surface area contributed by atoms with Crippen LogP contribution in [0.4, 0.5) is 0 Å². The summed E-state index contributed by atoms with van der Waals surface area (Å²) >= 11 is 6.38. The standard InChI is InChI=1S/C18H29ClN4O/c1-13(2)12-23-18(19)16(14(3)21-23)5-6-17(24)20-11-15-7-9-22(4)10-8-15/h5-6,13,15H,7-12H2,1-4H3,(H,20,24)/b6-5-. The summed E-state index contributed by atoms with van der Waals surface area (Å²) in [6.45, 7) is 9.91. The van der Waals surface area contributed by atoms with E-state index in [1.807, 2.05) is 6.92 Å². The van der Waals surface area contributed by atoms with E-state index in [2.05, 4.69) is 36.2 Å². The van der Waals surface area contributed by atoms with E-state index in [1.54, 1.807) is 16.8 Å². The molecule has 0 aliphatic carbocycles. The number of aryl methyl sites for hydroxylation is 1. The minimum Gasteiger partial charge on any atom is -0.352 e. The maximum absolute atomic E-state index is 12.1. The Balaban J connectivity index is 1.88. The lowest BCUT2D eigenvalue weighted by atomic mass is 9.97. The Morgan fingerprint density at radius 2 is 2.08 bits per heavy atom. The van der Waals surface area contributed by atoms with E-state index in [4.69, 9.17) is 11.6 Å². The second-order valence-electron chi connectivity index (χ2n) is 7.19. The fourth-order valence-corrected chi connectivity index (χ4v) is 3.26. The first kappa shape index (κ1) is 19.0. The molecule has 0 aromatic carbocycles. The van der Waals surface area contributed by atoms with E-state index in [-0.39, 0.29) is 5.91 Å². The first-order chi connectivity index (χ1) is 11.4. The predicted octanol–water partition coefficient (Wildman–Crippen LogP) is 2.97. The number of likely N-dealkylation sites (tertiary alicyclic amines) is 1. The molecule has 2 heterocycles. The van der Waals surface area contributed by atoms with Crippen LogP contribution in [0.1, 0.15) is 37.9 Å². The highest BCUT2D eigenvalue weighted by Gasteiger charge is 2.17. The molecule has 24 heavy (non-hydrogen) atoms. The number of nitrogens with one attached hydrogen (secondary N) is 1. The third-order valence-electron chi connectivity index (χ3n) is 4.45. The van der Waals surface area contributed by atoms with Gasteiger partial charge in [0.05, 0.1) is 5.69 Å². The van der Waals surface area contributed by atoms with E-state index in [0.717, 1.165) is 50.3 Å². The average Bonchev–Trinajstić information content (AvgIpc) is 2.78. The Kier molecular flexibility index (Phi) is 6.87. The molecule has 1 amide bonds. The monoisotopic (exact) mass is 352 g/mol. The van der Waals surface area contributed by atoms with E-state index in [9.17, 15) is 4.79 Å². The molecule has 5 nitrogen and oxygen atoms in total. The molecule has 0 atom stereocenters. The number of amides is 1. The first-order valence-electron chi connectivity index (χ1n) is 8.74. The Morgan fingerprint density at radius 1 is 1.42 bits per heavy atom. The van der Waals surface area contributed by atoms with Crippen molar-refractivity contribution in [2.24, 2.45) is 11.8 Å². The summed E-state index contributed by atoms with van der Waals surface area (Å²) in [4.78, 5) is 14.4. The lowest BCUT2D eigenvalue weighted by Gasteiger charge is -2.28. The molecular weight excluding hydrogens is 324 g/mol. The molecule has 1 fully saturated rings. The molecule has 1 aliphatic heterocycles. The highest BCUT2D eigenvalue weighted by atomic mass is 35.5. The summed E-state index contributed by atoms with van der Waals surface area (Å²) in [5.74, 6) is 0.982. The van der Waals surface area contributed by atoms with Gasteiger partial charge in [0.2, 0.25) is 5.91 Å². The number of piperidine rings is 1. The second-order valence-corrected chi connectivity index (χ2v) is 7.55. The van der Waals surface area contributed by atoms with Crippen LogP contribution in [0.2, 0.25) is 5.15 Å². The van der Waals surface area contributed by atoms with Gasteiger partial charge >= 0.3 is 0 Å². The SMILES string of the molecule is Cc1nn(CC(C)C)c(Cl)c1/C=C\C(=O)NCC1CCN(C)CC1. The van der Waals surface area contributed by atoms with Gasteiger partial charge in [-0.15, -0.1) is 0 Å². The number of nitrogens with zero attached hydrogens (tertiary/aromatic N) is 3. The predicted molar refractivity (Wildman–Crippen MR) is 99.1 cm³/mol. The van der Waals surface area contributed by atoms with Gasteiger partial charge in [0, 0.05) is 24.7 Å². The molecular formula is C18H29ClN4O. The van der Waals surface area contributed by atoms with Crippen LogP contribution in [0.25, 0.3) is 6.08 Å². The van der Waals surface area contributed by atoms with Gasteiger partial charge in [-0.05, 0) is 57.8 Å². The van der Waals surface area contributed by atoms with Crippen molar-refractivity contribution in [2.45, 2.75) is 40.2 Å². The summed E-state index contributed by atoms with van der Waals surface area (Å²) in [5.41, 5.74) is 1.67. The average molecular weight is 353 g/mol. The zero-order valence-electron chi connectivity index (χ0n) is 15.2. The van der Waals surface area contributed by atoms with Crippen molar-refractivity contribution in [3.05, 3.63) is 22.5 Å². The van der Waals surface area contributed by atoms with Gasteiger partial charge in [0.25, 0.3) is 0 Å². The fourth-order valence-electron chi connectivity index (χ4n) is 2.95. The van der Waals surface area contributed by atoms with Crippen molar-refractivity contribution < 1.29 is 4.79 Å². The Bertz CT molecular complexity index is 586. The molecule has 134 valence electrons. The molecule has 1 aromatic rings. The van der Waals surface area contributed by atoms with Gasteiger partial charge in [0.15, 0.2) is 0 Å². The van der Waals surface area contributed by atoms with Crippen LogP contribution in [0.15, 0.2) is 6.08 Å². The highest BCUT2D eigenvalue weighted by molar-refractivity contribution is 6.31. The fraction of sp³-hybridized carbons (Fsp3) is 0.667. The van der Waals surface area contributed by atoms with Gasteiger partial charge in [-0.2, -0.15) is 5.10 Å². The molecule has 0 unspecified atom stereocenters. The number of rotatable bonds is 6. The normalized spacial score (nSPS) is 17.1. The van der Waals surface area contributed by atoms with Gasteiger partial charge in [0.1, 0.15) is 5.15 Å². The molecule has 6 heteroatoms. The maximum Gasteiger partial charge on any atom is 0.244 e. The number of carbonyl (C=O) groups is 1. The smallest absolute Gasteiger partial charge is 0.244 e. The largest absolute Gasteiger partial charge is 0.352 e.